The second kappa shape index (κ2) is 11.8. The lowest BCUT2D eigenvalue weighted by Gasteiger charge is -2.02. The zero-order chi connectivity index (χ0) is 24.0. The van der Waals surface area contributed by atoms with Crippen LogP contribution in [-0.2, 0) is 12.8 Å². The van der Waals surface area contributed by atoms with Gasteiger partial charge in [-0.2, -0.15) is 0 Å². The predicted octanol–water partition coefficient (Wildman–Crippen LogP) is 10.5. The van der Waals surface area contributed by atoms with E-state index >= 15 is 0 Å². The van der Waals surface area contributed by atoms with Crippen molar-refractivity contribution >= 4 is 53.1 Å². The third-order valence-electron chi connectivity index (χ3n) is 6.63. The fourth-order valence-corrected chi connectivity index (χ4v) is 8.17. The summed E-state index contributed by atoms with van der Waals surface area (Å²) in [5.41, 5.74) is 5.32. The zero-order valence-corrected chi connectivity index (χ0v) is 23.3. The smallest absolute Gasteiger partial charge is 0.138 e. The average molecular weight is 519 g/mol. The van der Waals surface area contributed by atoms with Crippen molar-refractivity contribution in [1.29, 1.82) is 0 Å². The van der Waals surface area contributed by atoms with Crippen molar-refractivity contribution in [2.45, 2.75) is 78.1 Å². The van der Waals surface area contributed by atoms with E-state index in [4.69, 9.17) is 9.97 Å². The van der Waals surface area contributed by atoms with Gasteiger partial charge in [-0.05, 0) is 36.8 Å². The molecule has 0 saturated heterocycles. The first kappa shape index (κ1) is 24.6. The molecule has 182 valence electrons. The average Bonchev–Trinajstić information content (AvgIpc) is 3.56. The summed E-state index contributed by atoms with van der Waals surface area (Å²) in [4.78, 5) is 12.2. The summed E-state index contributed by atoms with van der Waals surface area (Å²) < 4.78 is 2.58. The van der Waals surface area contributed by atoms with E-state index in [0.717, 1.165) is 19.7 Å². The Hall–Kier alpha value is -2.08. The molecule has 3 aromatic heterocycles. The van der Waals surface area contributed by atoms with Crippen molar-refractivity contribution in [1.82, 2.24) is 9.97 Å². The predicted molar refractivity (Wildman–Crippen MR) is 157 cm³/mol. The molecular weight excluding hydrogens is 485 g/mol. The second-order valence-corrected chi connectivity index (χ2v) is 12.4. The van der Waals surface area contributed by atoms with Crippen molar-refractivity contribution in [2.24, 2.45) is 0 Å². The number of thiazole rings is 2. The van der Waals surface area contributed by atoms with Crippen molar-refractivity contribution < 1.29 is 0 Å². The number of fused-ring (bicyclic) bond motifs is 3. The van der Waals surface area contributed by atoms with Crippen LogP contribution >= 0.6 is 34.0 Å². The van der Waals surface area contributed by atoms with Gasteiger partial charge in [0.25, 0.3) is 0 Å². The molecule has 0 aliphatic carbocycles. The SMILES string of the molecule is CCCCCCc1ccc(-c2nc3sc4nc(-c5ccc(CCCCCC)cc5)sc4c3s2)cc1. The van der Waals surface area contributed by atoms with Crippen molar-refractivity contribution in [2.75, 3.05) is 0 Å². The third-order valence-corrected chi connectivity index (χ3v) is 10.2. The van der Waals surface area contributed by atoms with Gasteiger partial charge < -0.3 is 0 Å². The van der Waals surface area contributed by atoms with Crippen LogP contribution in [0.3, 0.4) is 0 Å². The molecule has 0 N–H and O–H groups in total. The zero-order valence-electron chi connectivity index (χ0n) is 20.8. The van der Waals surface area contributed by atoms with Gasteiger partial charge in [0, 0.05) is 11.1 Å². The van der Waals surface area contributed by atoms with Gasteiger partial charge in [0.05, 0.1) is 9.40 Å². The number of thiophene rings is 1. The Balaban J connectivity index is 1.30. The Labute approximate surface area is 221 Å². The van der Waals surface area contributed by atoms with E-state index in [1.165, 1.54) is 95.9 Å². The van der Waals surface area contributed by atoms with Crippen LogP contribution in [0.2, 0.25) is 0 Å². The van der Waals surface area contributed by atoms with E-state index in [-0.39, 0.29) is 0 Å². The maximum Gasteiger partial charge on any atom is 0.138 e. The fourth-order valence-electron chi connectivity index (χ4n) is 4.52. The summed E-state index contributed by atoms with van der Waals surface area (Å²) in [7, 11) is 0. The Morgan fingerprint density at radius 1 is 0.514 bits per heavy atom. The first-order valence-corrected chi connectivity index (χ1v) is 15.6. The maximum atomic E-state index is 4.97. The summed E-state index contributed by atoms with van der Waals surface area (Å²) in [6.07, 6.45) is 12.8. The van der Waals surface area contributed by atoms with Gasteiger partial charge in [-0.15, -0.1) is 22.7 Å². The lowest BCUT2D eigenvalue weighted by Crippen LogP contribution is -1.86. The van der Waals surface area contributed by atoms with Gasteiger partial charge in [-0.25, -0.2) is 9.97 Å². The highest BCUT2D eigenvalue weighted by Crippen LogP contribution is 2.44. The summed E-state index contributed by atoms with van der Waals surface area (Å²) in [5.74, 6) is 0. The highest BCUT2D eigenvalue weighted by Gasteiger charge is 2.17. The number of hydrogen-bond acceptors (Lipinski definition) is 5. The summed E-state index contributed by atoms with van der Waals surface area (Å²) in [5, 5.41) is 2.24. The Morgan fingerprint density at radius 3 is 1.34 bits per heavy atom. The molecule has 0 saturated carbocycles. The molecule has 0 amide bonds. The van der Waals surface area contributed by atoms with Crippen LogP contribution in [0.4, 0.5) is 0 Å². The number of unbranched alkanes of at least 4 members (excludes halogenated alkanes) is 6. The molecule has 35 heavy (non-hydrogen) atoms. The molecule has 5 aromatic rings. The van der Waals surface area contributed by atoms with E-state index in [1.54, 1.807) is 11.3 Å². The van der Waals surface area contributed by atoms with Crippen molar-refractivity contribution in [3.8, 4) is 21.1 Å². The highest BCUT2D eigenvalue weighted by atomic mass is 32.1. The normalized spacial score (nSPS) is 11.7. The van der Waals surface area contributed by atoms with Gasteiger partial charge in [0.2, 0.25) is 0 Å². The van der Waals surface area contributed by atoms with Gasteiger partial charge in [0.15, 0.2) is 0 Å². The standard InChI is InChI=1S/C30H34N2S3/c1-3-5-7-9-11-21-13-17-23(18-14-21)27-31-29-25(33-27)26-30(35-29)32-28(34-26)24-19-15-22(16-20-24)12-10-8-6-4-2/h13-20H,3-12H2,1-2H3. The number of aryl methyl sites for hydroxylation is 2. The number of nitrogens with zero attached hydrogens (tertiary/aromatic N) is 2. The van der Waals surface area contributed by atoms with Crippen LogP contribution in [0.15, 0.2) is 48.5 Å². The minimum atomic E-state index is 1.12. The topological polar surface area (TPSA) is 25.8 Å². The Kier molecular flexibility index (Phi) is 8.27. The molecular formula is C30H34N2S3. The quantitative estimate of drug-likeness (QED) is 0.153. The minimum Gasteiger partial charge on any atom is -0.225 e. The summed E-state index contributed by atoms with van der Waals surface area (Å²) in [6.45, 7) is 4.53. The van der Waals surface area contributed by atoms with Crippen LogP contribution in [0, 0.1) is 0 Å². The molecule has 3 heterocycles. The molecule has 2 nitrogen and oxygen atoms in total. The molecule has 5 rings (SSSR count). The van der Waals surface area contributed by atoms with E-state index < -0.39 is 0 Å². The highest BCUT2D eigenvalue weighted by molar-refractivity contribution is 7.39. The van der Waals surface area contributed by atoms with Crippen molar-refractivity contribution in [3.05, 3.63) is 59.7 Å². The van der Waals surface area contributed by atoms with Crippen LogP contribution in [-0.4, -0.2) is 9.97 Å². The number of aromatic nitrogens is 2. The van der Waals surface area contributed by atoms with Crippen LogP contribution in [0.5, 0.6) is 0 Å². The van der Waals surface area contributed by atoms with Gasteiger partial charge in [0.1, 0.15) is 19.7 Å². The van der Waals surface area contributed by atoms with E-state index in [0.29, 0.717) is 0 Å². The maximum absolute atomic E-state index is 4.97. The number of hydrogen-bond donors (Lipinski definition) is 0. The van der Waals surface area contributed by atoms with E-state index in [9.17, 15) is 0 Å². The van der Waals surface area contributed by atoms with Gasteiger partial charge in [-0.1, -0.05) is 112 Å². The van der Waals surface area contributed by atoms with Crippen LogP contribution < -0.4 is 0 Å². The minimum absolute atomic E-state index is 1.12. The molecule has 2 aromatic carbocycles. The first-order valence-electron chi connectivity index (χ1n) is 13.1. The lowest BCUT2D eigenvalue weighted by atomic mass is 10.0. The van der Waals surface area contributed by atoms with Gasteiger partial charge >= 0.3 is 0 Å². The molecule has 0 aliphatic rings. The molecule has 0 unspecified atom stereocenters. The molecule has 0 aliphatic heterocycles. The Bertz CT molecular complexity index is 1250. The van der Waals surface area contributed by atoms with E-state index in [2.05, 4.69) is 62.4 Å². The first-order chi connectivity index (χ1) is 17.2. The fraction of sp³-hybridized carbons (Fsp3) is 0.400. The molecule has 5 heteroatoms. The summed E-state index contributed by atoms with van der Waals surface area (Å²) >= 11 is 5.35. The van der Waals surface area contributed by atoms with Gasteiger partial charge in [-0.3, -0.25) is 0 Å². The molecule has 0 fully saturated rings. The number of benzene rings is 2. The molecule has 0 atom stereocenters. The molecule has 0 bridgehead atoms. The number of rotatable bonds is 12. The van der Waals surface area contributed by atoms with E-state index in [1.807, 2.05) is 22.7 Å². The molecule has 0 spiro atoms. The Morgan fingerprint density at radius 2 is 0.943 bits per heavy atom. The monoisotopic (exact) mass is 518 g/mol. The van der Waals surface area contributed by atoms with Crippen LogP contribution in [0.25, 0.3) is 40.2 Å². The van der Waals surface area contributed by atoms with Crippen molar-refractivity contribution in [3.63, 3.8) is 0 Å². The molecule has 0 radical (unpaired) electrons. The van der Waals surface area contributed by atoms with Crippen LogP contribution in [0.1, 0.15) is 76.3 Å². The third kappa shape index (κ3) is 5.84. The largest absolute Gasteiger partial charge is 0.225 e. The lowest BCUT2D eigenvalue weighted by molar-refractivity contribution is 0.667. The summed E-state index contributed by atoms with van der Waals surface area (Å²) in [6, 6.07) is 18.1. The second-order valence-electron chi connectivity index (χ2n) is 9.42.